The molecule has 0 spiro atoms. The summed E-state index contributed by atoms with van der Waals surface area (Å²) in [6, 6.07) is 7.46. The van der Waals surface area contributed by atoms with Crippen LogP contribution in [0.5, 0.6) is 0 Å². The van der Waals surface area contributed by atoms with E-state index in [1.165, 1.54) is 4.90 Å². The minimum atomic E-state index is -0.403. The van der Waals surface area contributed by atoms with Crippen LogP contribution in [0, 0.1) is 0 Å². The number of nitrogens with one attached hydrogen (secondary N) is 1. The molecule has 2 aliphatic heterocycles. The predicted molar refractivity (Wildman–Crippen MR) is 102 cm³/mol. The van der Waals surface area contributed by atoms with Gasteiger partial charge in [-0.25, -0.2) is 4.79 Å². The van der Waals surface area contributed by atoms with Crippen molar-refractivity contribution < 1.29 is 14.4 Å². The molecule has 0 aliphatic carbocycles. The van der Waals surface area contributed by atoms with E-state index in [0.29, 0.717) is 37.8 Å². The maximum Gasteiger partial charge on any atom is 0.324 e. The molecule has 2 fully saturated rings. The summed E-state index contributed by atoms with van der Waals surface area (Å²) in [5, 5.41) is 3.34. The molecule has 4 amide bonds. The van der Waals surface area contributed by atoms with Crippen LogP contribution in [0.1, 0.15) is 30.1 Å². The molecule has 1 N–H and O–H groups in total. The lowest BCUT2D eigenvalue weighted by Crippen LogP contribution is -2.50. The lowest BCUT2D eigenvalue weighted by atomic mass is 10.1. The highest BCUT2D eigenvalue weighted by Gasteiger charge is 2.26. The number of imide groups is 1. The van der Waals surface area contributed by atoms with Crippen molar-refractivity contribution in [2.24, 2.45) is 0 Å². The number of hydrogen-bond donors (Lipinski definition) is 1. The summed E-state index contributed by atoms with van der Waals surface area (Å²) >= 11 is 8.14. The third kappa shape index (κ3) is 4.71. The molecule has 0 radical (unpaired) electrons. The number of rotatable bonds is 4. The minimum absolute atomic E-state index is 0.0510. The van der Waals surface area contributed by atoms with Gasteiger partial charge in [-0.05, 0) is 18.1 Å². The fourth-order valence-corrected chi connectivity index (χ4v) is 4.80. The molecular formula is C18H22ClN3O3S. The summed E-state index contributed by atoms with van der Waals surface area (Å²) in [6.07, 6.45) is 1.43. The van der Waals surface area contributed by atoms with E-state index < -0.39 is 6.03 Å². The first-order valence-electron chi connectivity index (χ1n) is 8.77. The van der Waals surface area contributed by atoms with Crippen molar-refractivity contribution in [3.8, 4) is 0 Å². The van der Waals surface area contributed by atoms with Gasteiger partial charge in [-0.3, -0.25) is 14.9 Å². The fourth-order valence-electron chi connectivity index (χ4n) is 3.21. The normalized spacial score (nSPS) is 21.3. The van der Waals surface area contributed by atoms with Gasteiger partial charge >= 0.3 is 6.03 Å². The predicted octanol–water partition coefficient (Wildman–Crippen LogP) is 2.68. The highest BCUT2D eigenvalue weighted by molar-refractivity contribution is 7.99. The van der Waals surface area contributed by atoms with E-state index >= 15 is 0 Å². The monoisotopic (exact) mass is 395 g/mol. The van der Waals surface area contributed by atoms with Crippen LogP contribution >= 0.6 is 23.4 Å². The Morgan fingerprint density at radius 1 is 1.23 bits per heavy atom. The van der Waals surface area contributed by atoms with E-state index in [1.54, 1.807) is 0 Å². The van der Waals surface area contributed by atoms with Crippen LogP contribution in [0.3, 0.4) is 0 Å². The second kappa shape index (κ2) is 8.77. The van der Waals surface area contributed by atoms with E-state index in [2.05, 4.69) is 5.32 Å². The molecule has 26 heavy (non-hydrogen) atoms. The number of halogens is 1. The first-order valence-corrected chi connectivity index (χ1v) is 10.2. The van der Waals surface area contributed by atoms with Gasteiger partial charge in [0.25, 0.3) is 0 Å². The van der Waals surface area contributed by atoms with E-state index in [4.69, 9.17) is 11.6 Å². The quantitative estimate of drug-likeness (QED) is 0.850. The van der Waals surface area contributed by atoms with Crippen LogP contribution < -0.4 is 5.32 Å². The topological polar surface area (TPSA) is 69.7 Å². The lowest BCUT2D eigenvalue weighted by molar-refractivity contribution is -0.131. The standard InChI is InChI=1S/C18H22ClN3O3S/c19-14-4-2-1-3-13(14)15-5-8-21(11-12-26-15)17(24)7-10-22-9-6-16(23)20-18(22)25/h1-4,15H,5-12H2,(H,20,23,25). The molecule has 1 unspecified atom stereocenters. The number of nitrogens with zero attached hydrogens (tertiary/aromatic N) is 2. The molecule has 0 saturated carbocycles. The van der Waals surface area contributed by atoms with E-state index in [-0.39, 0.29) is 18.2 Å². The molecule has 1 atom stereocenters. The number of carbonyl (C=O) groups excluding carboxylic acids is 3. The third-order valence-electron chi connectivity index (χ3n) is 4.68. The number of carbonyl (C=O) groups is 3. The Labute approximate surface area is 162 Å². The maximum absolute atomic E-state index is 12.5. The SMILES string of the molecule is O=C1CCN(CCC(=O)N2CCSC(c3ccccc3Cl)CC2)C(=O)N1. The number of thioether (sulfide) groups is 1. The Morgan fingerprint density at radius 2 is 2.04 bits per heavy atom. The molecular weight excluding hydrogens is 374 g/mol. The fraction of sp³-hybridized carbons (Fsp3) is 0.500. The first-order chi connectivity index (χ1) is 12.5. The highest BCUT2D eigenvalue weighted by Crippen LogP contribution is 2.37. The molecule has 2 heterocycles. The second-order valence-electron chi connectivity index (χ2n) is 6.39. The summed E-state index contributed by atoms with van der Waals surface area (Å²) in [5.74, 6) is 0.656. The van der Waals surface area contributed by atoms with Gasteiger partial charge in [-0.1, -0.05) is 29.8 Å². The first kappa shape index (κ1) is 19.0. The number of hydrogen-bond acceptors (Lipinski definition) is 4. The number of urea groups is 1. The van der Waals surface area contributed by atoms with E-state index in [9.17, 15) is 14.4 Å². The molecule has 0 bridgehead atoms. The van der Waals surface area contributed by atoms with Crippen LogP contribution in [-0.4, -0.2) is 59.6 Å². The lowest BCUT2D eigenvalue weighted by Gasteiger charge is -2.27. The molecule has 8 heteroatoms. The van der Waals surface area contributed by atoms with Crippen LogP contribution in [-0.2, 0) is 9.59 Å². The number of amides is 4. The van der Waals surface area contributed by atoms with Crippen molar-refractivity contribution in [2.45, 2.75) is 24.5 Å². The van der Waals surface area contributed by atoms with Crippen molar-refractivity contribution in [3.05, 3.63) is 34.9 Å². The largest absolute Gasteiger partial charge is 0.342 e. The minimum Gasteiger partial charge on any atom is -0.342 e. The molecule has 2 saturated heterocycles. The summed E-state index contributed by atoms with van der Waals surface area (Å²) in [7, 11) is 0. The van der Waals surface area contributed by atoms with E-state index in [1.807, 2.05) is 40.9 Å². The van der Waals surface area contributed by atoms with Crippen molar-refractivity contribution >= 4 is 41.2 Å². The molecule has 0 aromatic heterocycles. The summed E-state index contributed by atoms with van der Waals surface area (Å²) in [5.41, 5.74) is 1.13. The van der Waals surface area contributed by atoms with Crippen molar-refractivity contribution in [1.29, 1.82) is 0 Å². The zero-order valence-corrected chi connectivity index (χ0v) is 16.0. The smallest absolute Gasteiger partial charge is 0.324 e. The van der Waals surface area contributed by atoms with Gasteiger partial charge < -0.3 is 9.80 Å². The summed E-state index contributed by atoms with van der Waals surface area (Å²) < 4.78 is 0. The van der Waals surface area contributed by atoms with Crippen molar-refractivity contribution in [3.63, 3.8) is 0 Å². The van der Waals surface area contributed by atoms with Gasteiger partial charge in [0, 0.05) is 55.0 Å². The Hall–Kier alpha value is -1.73. The van der Waals surface area contributed by atoms with Gasteiger partial charge in [0.05, 0.1) is 0 Å². The average Bonchev–Trinajstić information content (AvgIpc) is 2.87. The van der Waals surface area contributed by atoms with Crippen molar-refractivity contribution in [2.75, 3.05) is 31.9 Å². The number of benzene rings is 1. The van der Waals surface area contributed by atoms with E-state index in [0.717, 1.165) is 22.8 Å². The van der Waals surface area contributed by atoms with Gasteiger partial charge in [0.1, 0.15) is 0 Å². The van der Waals surface area contributed by atoms with Gasteiger partial charge in [-0.15, -0.1) is 0 Å². The molecule has 1 aromatic rings. The Morgan fingerprint density at radius 3 is 2.81 bits per heavy atom. The van der Waals surface area contributed by atoms with Gasteiger partial charge in [0.15, 0.2) is 0 Å². The molecule has 140 valence electrons. The zero-order chi connectivity index (χ0) is 18.5. The summed E-state index contributed by atoms with van der Waals surface area (Å²) in [4.78, 5) is 38.8. The van der Waals surface area contributed by atoms with Crippen LogP contribution in [0.4, 0.5) is 4.79 Å². The van der Waals surface area contributed by atoms with Crippen LogP contribution in [0.25, 0.3) is 0 Å². The Bertz CT molecular complexity index is 700. The van der Waals surface area contributed by atoms with Crippen LogP contribution in [0.2, 0.25) is 5.02 Å². The van der Waals surface area contributed by atoms with Crippen LogP contribution in [0.15, 0.2) is 24.3 Å². The molecule has 3 rings (SSSR count). The summed E-state index contributed by atoms with van der Waals surface area (Å²) in [6.45, 7) is 2.11. The van der Waals surface area contributed by atoms with Crippen molar-refractivity contribution in [1.82, 2.24) is 15.1 Å². The van der Waals surface area contributed by atoms with Gasteiger partial charge in [0.2, 0.25) is 11.8 Å². The molecule has 2 aliphatic rings. The third-order valence-corrected chi connectivity index (χ3v) is 6.34. The average molecular weight is 396 g/mol. The maximum atomic E-state index is 12.5. The highest BCUT2D eigenvalue weighted by atomic mass is 35.5. The molecule has 1 aromatic carbocycles. The van der Waals surface area contributed by atoms with Gasteiger partial charge in [-0.2, -0.15) is 11.8 Å². The Balaban J connectivity index is 1.51. The zero-order valence-electron chi connectivity index (χ0n) is 14.4. The Kier molecular flexibility index (Phi) is 6.43. The second-order valence-corrected chi connectivity index (χ2v) is 8.11. The molecule has 6 nitrogen and oxygen atoms in total.